The molecule has 2 unspecified atom stereocenters. The molecule has 1 saturated carbocycles. The number of nitrogens with two attached hydrogens (primary N) is 1. The highest BCUT2D eigenvalue weighted by molar-refractivity contribution is 5.90. The van der Waals surface area contributed by atoms with Gasteiger partial charge in [0.1, 0.15) is 6.10 Å². The molecule has 0 bridgehead atoms. The molecule has 1 aromatic rings. The Bertz CT molecular complexity index is 407. The lowest BCUT2D eigenvalue weighted by atomic mass is 9.92. The third-order valence-corrected chi connectivity index (χ3v) is 3.24. The van der Waals surface area contributed by atoms with Gasteiger partial charge in [0.15, 0.2) is 5.69 Å². The molecule has 0 saturated heterocycles. The largest absolute Gasteiger partial charge is 0.472 e. The Labute approximate surface area is 106 Å². The third-order valence-electron chi connectivity index (χ3n) is 3.24. The number of nitrogens with one attached hydrogen (secondary N) is 1. The smallest absolute Gasteiger partial charge is 0.269 e. The summed E-state index contributed by atoms with van der Waals surface area (Å²) in [7, 11) is 1.94. The van der Waals surface area contributed by atoms with Gasteiger partial charge in [0.2, 0.25) is 5.88 Å². The number of hydrogen-bond acceptors (Lipinski definition) is 5. The van der Waals surface area contributed by atoms with Crippen molar-refractivity contribution in [3.63, 3.8) is 0 Å². The molecule has 98 valence electrons. The molecule has 1 aliphatic rings. The van der Waals surface area contributed by atoms with Gasteiger partial charge < -0.3 is 15.8 Å². The molecule has 0 aromatic carbocycles. The number of likely N-dealkylation sites (N-methyl/N-ethyl adjacent to an activating group) is 1. The van der Waals surface area contributed by atoms with Crippen LogP contribution in [0.1, 0.15) is 36.2 Å². The molecule has 3 N–H and O–H groups in total. The van der Waals surface area contributed by atoms with Crippen molar-refractivity contribution in [2.45, 2.75) is 37.8 Å². The van der Waals surface area contributed by atoms with Crippen molar-refractivity contribution < 1.29 is 9.53 Å². The van der Waals surface area contributed by atoms with Gasteiger partial charge in [-0.15, -0.1) is 10.2 Å². The molecular formula is C12H18N4O2. The van der Waals surface area contributed by atoms with Crippen molar-refractivity contribution in [2.75, 3.05) is 7.05 Å². The van der Waals surface area contributed by atoms with E-state index in [4.69, 9.17) is 10.5 Å². The van der Waals surface area contributed by atoms with E-state index in [0.717, 1.165) is 19.3 Å². The van der Waals surface area contributed by atoms with E-state index in [0.29, 0.717) is 11.9 Å². The zero-order valence-corrected chi connectivity index (χ0v) is 10.4. The van der Waals surface area contributed by atoms with Crippen LogP contribution in [0.15, 0.2) is 12.1 Å². The summed E-state index contributed by atoms with van der Waals surface area (Å²) in [5.74, 6) is -0.146. The SMILES string of the molecule is CNC1CCCCC1Oc1ccc(C(N)=O)nn1. The summed E-state index contributed by atoms with van der Waals surface area (Å²) in [5.41, 5.74) is 5.25. The number of aromatic nitrogens is 2. The maximum atomic E-state index is 10.9. The lowest BCUT2D eigenvalue weighted by molar-refractivity contribution is 0.0991. The quantitative estimate of drug-likeness (QED) is 0.811. The number of carbonyl (C=O) groups excluding carboxylic acids is 1. The Kier molecular flexibility index (Phi) is 4.09. The summed E-state index contributed by atoms with van der Waals surface area (Å²) >= 11 is 0. The van der Waals surface area contributed by atoms with Crippen molar-refractivity contribution in [2.24, 2.45) is 5.73 Å². The van der Waals surface area contributed by atoms with Gasteiger partial charge in [0, 0.05) is 12.1 Å². The topological polar surface area (TPSA) is 90.1 Å². The van der Waals surface area contributed by atoms with Gasteiger partial charge in [0.05, 0.1) is 0 Å². The van der Waals surface area contributed by atoms with E-state index in [-0.39, 0.29) is 11.8 Å². The lowest BCUT2D eigenvalue weighted by Crippen LogP contribution is -2.43. The molecule has 18 heavy (non-hydrogen) atoms. The van der Waals surface area contributed by atoms with E-state index in [1.807, 2.05) is 7.05 Å². The molecule has 6 nitrogen and oxygen atoms in total. The highest BCUT2D eigenvalue weighted by Gasteiger charge is 2.25. The minimum absolute atomic E-state index is 0.109. The fourth-order valence-corrected chi connectivity index (χ4v) is 2.24. The number of hydrogen-bond donors (Lipinski definition) is 2. The minimum atomic E-state index is -0.584. The van der Waals surface area contributed by atoms with E-state index in [1.165, 1.54) is 12.5 Å². The monoisotopic (exact) mass is 250 g/mol. The second-order valence-electron chi connectivity index (χ2n) is 4.46. The molecule has 2 rings (SSSR count). The van der Waals surface area contributed by atoms with E-state index >= 15 is 0 Å². The standard InChI is InChI=1S/C12H18N4O2/c1-14-8-4-2-3-5-10(8)18-11-7-6-9(12(13)17)15-16-11/h6-8,10,14H,2-5H2,1H3,(H2,13,17). The zero-order valence-electron chi connectivity index (χ0n) is 10.4. The minimum Gasteiger partial charge on any atom is -0.472 e. The zero-order chi connectivity index (χ0) is 13.0. The van der Waals surface area contributed by atoms with Crippen molar-refractivity contribution in [1.82, 2.24) is 15.5 Å². The summed E-state index contributed by atoms with van der Waals surface area (Å²) in [5, 5.41) is 10.8. The molecule has 6 heteroatoms. The first kappa shape index (κ1) is 12.8. The first-order chi connectivity index (χ1) is 8.70. The number of carbonyl (C=O) groups is 1. The van der Waals surface area contributed by atoms with Crippen LogP contribution in [0.2, 0.25) is 0 Å². The van der Waals surface area contributed by atoms with Crippen LogP contribution in [-0.4, -0.2) is 35.3 Å². The van der Waals surface area contributed by atoms with E-state index in [9.17, 15) is 4.79 Å². The molecule has 0 spiro atoms. The van der Waals surface area contributed by atoms with Crippen LogP contribution >= 0.6 is 0 Å². The van der Waals surface area contributed by atoms with Crippen LogP contribution in [0.3, 0.4) is 0 Å². The van der Waals surface area contributed by atoms with Gasteiger partial charge >= 0.3 is 0 Å². The number of rotatable bonds is 4. The molecule has 1 heterocycles. The fraction of sp³-hybridized carbons (Fsp3) is 0.583. The Hall–Kier alpha value is -1.69. The average molecular weight is 250 g/mol. The first-order valence-corrected chi connectivity index (χ1v) is 6.18. The van der Waals surface area contributed by atoms with Crippen LogP contribution < -0.4 is 15.8 Å². The van der Waals surface area contributed by atoms with Gasteiger partial charge in [-0.05, 0) is 32.4 Å². The number of ether oxygens (including phenoxy) is 1. The van der Waals surface area contributed by atoms with Crippen molar-refractivity contribution in [3.05, 3.63) is 17.8 Å². The molecule has 0 aliphatic heterocycles. The van der Waals surface area contributed by atoms with Crippen LogP contribution in [-0.2, 0) is 0 Å². The maximum Gasteiger partial charge on any atom is 0.269 e. The van der Waals surface area contributed by atoms with Gasteiger partial charge in [-0.1, -0.05) is 6.42 Å². The second kappa shape index (κ2) is 5.77. The Morgan fingerprint density at radius 3 is 2.78 bits per heavy atom. The predicted octanol–water partition coefficient (Wildman–Crippen LogP) is 0.485. The number of primary amides is 1. The average Bonchev–Trinajstić information content (AvgIpc) is 2.40. The van der Waals surface area contributed by atoms with Gasteiger partial charge in [-0.3, -0.25) is 4.79 Å². The maximum absolute atomic E-state index is 10.9. The molecule has 1 amide bonds. The summed E-state index contributed by atoms with van der Waals surface area (Å²) in [6, 6.07) is 3.51. The third kappa shape index (κ3) is 2.95. The molecule has 1 aromatic heterocycles. The van der Waals surface area contributed by atoms with E-state index in [1.54, 1.807) is 6.07 Å². The van der Waals surface area contributed by atoms with Crippen LogP contribution in [0.25, 0.3) is 0 Å². The normalized spacial score (nSPS) is 23.6. The van der Waals surface area contributed by atoms with Crippen molar-refractivity contribution in [1.29, 1.82) is 0 Å². The molecule has 1 fully saturated rings. The Morgan fingerprint density at radius 2 is 2.17 bits per heavy atom. The van der Waals surface area contributed by atoms with Crippen LogP contribution in [0.5, 0.6) is 5.88 Å². The second-order valence-corrected chi connectivity index (χ2v) is 4.46. The number of nitrogens with zero attached hydrogens (tertiary/aromatic N) is 2. The summed E-state index contributed by atoms with van der Waals surface area (Å²) in [4.78, 5) is 10.9. The Balaban J connectivity index is 2.01. The van der Waals surface area contributed by atoms with Crippen LogP contribution in [0.4, 0.5) is 0 Å². The molecule has 0 radical (unpaired) electrons. The Morgan fingerprint density at radius 1 is 1.39 bits per heavy atom. The van der Waals surface area contributed by atoms with Crippen molar-refractivity contribution in [3.8, 4) is 5.88 Å². The van der Waals surface area contributed by atoms with Gasteiger partial charge in [0.25, 0.3) is 5.91 Å². The first-order valence-electron chi connectivity index (χ1n) is 6.18. The summed E-state index contributed by atoms with van der Waals surface area (Å²) in [6.07, 6.45) is 4.60. The highest BCUT2D eigenvalue weighted by Crippen LogP contribution is 2.22. The summed E-state index contributed by atoms with van der Waals surface area (Å²) in [6.45, 7) is 0. The van der Waals surface area contributed by atoms with Crippen molar-refractivity contribution >= 4 is 5.91 Å². The van der Waals surface area contributed by atoms with E-state index in [2.05, 4.69) is 15.5 Å². The molecule has 1 aliphatic carbocycles. The fourth-order valence-electron chi connectivity index (χ4n) is 2.24. The van der Waals surface area contributed by atoms with E-state index < -0.39 is 5.91 Å². The number of amides is 1. The molecular weight excluding hydrogens is 232 g/mol. The summed E-state index contributed by atoms with van der Waals surface area (Å²) < 4.78 is 5.81. The lowest BCUT2D eigenvalue weighted by Gasteiger charge is -2.30. The predicted molar refractivity (Wildman–Crippen MR) is 66.3 cm³/mol. The van der Waals surface area contributed by atoms with Crippen LogP contribution in [0, 0.1) is 0 Å². The molecule has 2 atom stereocenters. The highest BCUT2D eigenvalue weighted by atomic mass is 16.5. The van der Waals surface area contributed by atoms with Gasteiger partial charge in [-0.25, -0.2) is 0 Å². The van der Waals surface area contributed by atoms with Gasteiger partial charge in [-0.2, -0.15) is 0 Å².